The normalized spacial score (nSPS) is 12.0. The smallest absolute Gasteiger partial charge is 0.426 e. The highest BCUT2D eigenvalue weighted by Crippen LogP contribution is 2.30. The maximum atomic E-state index is 12.4. The molecule has 138 valence electrons. The monoisotopic (exact) mass is 370 g/mol. The third kappa shape index (κ3) is 9.32. The Balaban J connectivity index is 4.82. The van der Waals surface area contributed by atoms with Crippen LogP contribution < -0.4 is 31.6 Å². The van der Waals surface area contributed by atoms with E-state index in [2.05, 4.69) is 14.3 Å². The predicted molar refractivity (Wildman–Crippen MR) is 78.3 cm³/mol. The lowest BCUT2D eigenvalue weighted by Gasteiger charge is -2.20. The second kappa shape index (κ2) is 10.9. The van der Waals surface area contributed by atoms with Gasteiger partial charge in [-0.25, -0.2) is 45.2 Å². The standard InChI is InChI=1S/C9H19N6O8P/c1-4-22-8(18)11-10-6(16)13-24(20,14-7(17)12-21-3)15-9(19)23-5-2/h4-5H2,1-3H3,(H,11,18)(H5,10,12,13,14,15,16,17,19,20)/t24-/m1/s1. The van der Waals surface area contributed by atoms with Gasteiger partial charge in [0, 0.05) is 0 Å². The van der Waals surface area contributed by atoms with Gasteiger partial charge in [0.15, 0.2) is 0 Å². The summed E-state index contributed by atoms with van der Waals surface area (Å²) in [5, 5.41) is 5.32. The van der Waals surface area contributed by atoms with E-state index in [1.54, 1.807) is 26.2 Å². The van der Waals surface area contributed by atoms with Crippen LogP contribution in [0.25, 0.3) is 0 Å². The van der Waals surface area contributed by atoms with E-state index in [1.165, 1.54) is 13.8 Å². The number of nitrogens with one attached hydrogen (secondary N) is 6. The van der Waals surface area contributed by atoms with Gasteiger partial charge in [0.1, 0.15) is 0 Å². The second-order valence-corrected chi connectivity index (χ2v) is 5.49. The average molecular weight is 370 g/mol. The molecule has 0 aromatic heterocycles. The molecule has 0 aromatic carbocycles. The number of carbonyl (C=O) groups is 4. The number of urea groups is 2. The fraction of sp³-hybridized carbons (Fsp3) is 0.556. The number of ether oxygens (including phenoxy) is 2. The van der Waals surface area contributed by atoms with Crippen molar-refractivity contribution in [2.75, 3.05) is 20.3 Å². The molecule has 24 heavy (non-hydrogen) atoms. The first kappa shape index (κ1) is 21.3. The Kier molecular flexibility index (Phi) is 9.67. The van der Waals surface area contributed by atoms with Crippen LogP contribution in [-0.2, 0) is 18.9 Å². The molecule has 0 aliphatic carbocycles. The molecule has 0 rings (SSSR count). The number of hydrogen-bond donors (Lipinski definition) is 6. The van der Waals surface area contributed by atoms with Crippen LogP contribution in [-0.4, -0.2) is 44.6 Å². The summed E-state index contributed by atoms with van der Waals surface area (Å²) in [6.07, 6.45) is -2.15. The number of hydroxylamine groups is 1. The van der Waals surface area contributed by atoms with Crippen LogP contribution in [0.5, 0.6) is 0 Å². The maximum Gasteiger partial charge on any atom is 0.426 e. The summed E-state index contributed by atoms with van der Waals surface area (Å²) in [6.45, 7) is 3.03. The largest absolute Gasteiger partial charge is 0.450 e. The Bertz CT molecular complexity index is 490. The summed E-state index contributed by atoms with van der Waals surface area (Å²) >= 11 is 0. The number of rotatable bonds is 6. The van der Waals surface area contributed by atoms with Crippen LogP contribution in [0, 0.1) is 0 Å². The molecule has 6 N–H and O–H groups in total. The van der Waals surface area contributed by atoms with Crippen LogP contribution >= 0.6 is 7.59 Å². The highest BCUT2D eigenvalue weighted by atomic mass is 31.2. The van der Waals surface area contributed by atoms with Crippen LogP contribution in [0.1, 0.15) is 13.8 Å². The van der Waals surface area contributed by atoms with Crippen molar-refractivity contribution in [1.82, 2.24) is 31.6 Å². The molecule has 0 aromatic rings. The molecule has 15 heteroatoms. The van der Waals surface area contributed by atoms with Crippen LogP contribution in [0.4, 0.5) is 19.2 Å². The second-order valence-electron chi connectivity index (χ2n) is 3.60. The summed E-state index contributed by atoms with van der Waals surface area (Å²) in [7, 11) is -3.24. The zero-order valence-electron chi connectivity index (χ0n) is 13.1. The van der Waals surface area contributed by atoms with Gasteiger partial charge >= 0.3 is 31.8 Å². The Hall–Kier alpha value is -2.73. The van der Waals surface area contributed by atoms with E-state index in [9.17, 15) is 23.7 Å². The summed E-state index contributed by atoms with van der Waals surface area (Å²) in [5.41, 5.74) is 5.38. The van der Waals surface area contributed by atoms with Gasteiger partial charge < -0.3 is 9.47 Å². The first-order valence-corrected chi connectivity index (χ1v) is 8.14. The average Bonchev–Trinajstić information content (AvgIpc) is 2.45. The highest BCUT2D eigenvalue weighted by molar-refractivity contribution is 7.59. The molecule has 0 saturated heterocycles. The summed E-state index contributed by atoms with van der Waals surface area (Å²) < 4.78 is 21.4. The van der Waals surface area contributed by atoms with E-state index in [0.29, 0.717) is 0 Å². The molecule has 14 nitrogen and oxygen atoms in total. The lowest BCUT2D eigenvalue weighted by Crippen LogP contribution is -2.50. The van der Waals surface area contributed by atoms with Crippen molar-refractivity contribution in [3.05, 3.63) is 0 Å². The van der Waals surface area contributed by atoms with Crippen LogP contribution in [0.2, 0.25) is 0 Å². The van der Waals surface area contributed by atoms with Crippen molar-refractivity contribution in [2.45, 2.75) is 13.8 Å². The quantitative estimate of drug-likeness (QED) is 0.271. The maximum absolute atomic E-state index is 12.4. The molecule has 0 radical (unpaired) electrons. The summed E-state index contributed by atoms with van der Waals surface area (Å²) in [6, 6.07) is -2.35. The van der Waals surface area contributed by atoms with E-state index < -0.39 is 31.8 Å². The topological polar surface area (TPSA) is 185 Å². The number of hydrogen-bond acceptors (Lipinski definition) is 8. The number of hydrazine groups is 1. The van der Waals surface area contributed by atoms with Crippen LogP contribution in [0.3, 0.4) is 0 Å². The first-order valence-electron chi connectivity index (χ1n) is 6.43. The van der Waals surface area contributed by atoms with E-state index in [0.717, 1.165) is 7.11 Å². The van der Waals surface area contributed by atoms with E-state index in [4.69, 9.17) is 0 Å². The lowest BCUT2D eigenvalue weighted by molar-refractivity contribution is 0.110. The number of carbonyl (C=O) groups excluding carboxylic acids is 4. The zero-order valence-corrected chi connectivity index (χ0v) is 14.0. The lowest BCUT2D eigenvalue weighted by atomic mass is 10.9. The third-order valence-corrected chi connectivity index (χ3v) is 3.32. The van der Waals surface area contributed by atoms with Gasteiger partial charge in [-0.05, 0) is 13.8 Å². The SMILES string of the molecule is CCOC(=O)NNC(=O)N[P@@](=O)(NC(=O)NOC)NC(=O)OCC. The molecule has 0 saturated carbocycles. The molecular weight excluding hydrogens is 351 g/mol. The van der Waals surface area contributed by atoms with Crippen molar-refractivity contribution < 1.29 is 38.1 Å². The highest BCUT2D eigenvalue weighted by Gasteiger charge is 2.30. The Morgan fingerprint density at radius 3 is 1.92 bits per heavy atom. The van der Waals surface area contributed by atoms with E-state index in [-0.39, 0.29) is 13.2 Å². The van der Waals surface area contributed by atoms with Gasteiger partial charge in [0.2, 0.25) is 0 Å². The Morgan fingerprint density at radius 2 is 1.38 bits per heavy atom. The minimum absolute atomic E-state index is 0.0489. The van der Waals surface area contributed by atoms with E-state index >= 15 is 0 Å². The molecule has 0 bridgehead atoms. The summed E-state index contributed by atoms with van der Waals surface area (Å²) in [5.74, 6) is 0. The van der Waals surface area contributed by atoms with Gasteiger partial charge in [0.05, 0.1) is 20.3 Å². The van der Waals surface area contributed by atoms with Crippen LogP contribution in [0.15, 0.2) is 0 Å². The Labute approximate surface area is 136 Å². The molecule has 1 atom stereocenters. The molecule has 0 heterocycles. The molecule has 0 spiro atoms. The predicted octanol–water partition coefficient (Wildman–Crippen LogP) is -0.339. The molecule has 0 fully saturated rings. The third-order valence-electron chi connectivity index (χ3n) is 1.79. The molecule has 0 unspecified atom stereocenters. The van der Waals surface area contributed by atoms with Crippen molar-refractivity contribution in [2.24, 2.45) is 0 Å². The van der Waals surface area contributed by atoms with E-state index in [1.807, 2.05) is 5.43 Å². The van der Waals surface area contributed by atoms with Gasteiger partial charge in [-0.2, -0.15) is 0 Å². The molecule has 0 aliphatic rings. The molecular formula is C9H19N6O8P. The minimum Gasteiger partial charge on any atom is -0.450 e. The number of amides is 6. The van der Waals surface area contributed by atoms with Crippen molar-refractivity contribution >= 4 is 31.8 Å². The minimum atomic E-state index is -4.34. The van der Waals surface area contributed by atoms with Gasteiger partial charge in [0.25, 0.3) is 0 Å². The fourth-order valence-corrected chi connectivity index (χ4v) is 2.24. The fourth-order valence-electron chi connectivity index (χ4n) is 1.08. The Morgan fingerprint density at radius 1 is 0.833 bits per heavy atom. The van der Waals surface area contributed by atoms with Gasteiger partial charge in [-0.3, -0.25) is 15.0 Å². The first-order chi connectivity index (χ1) is 11.3. The van der Waals surface area contributed by atoms with Gasteiger partial charge in [-0.15, -0.1) is 0 Å². The summed E-state index contributed by atoms with van der Waals surface area (Å²) in [4.78, 5) is 49.6. The van der Waals surface area contributed by atoms with Crippen molar-refractivity contribution in [1.29, 1.82) is 0 Å². The van der Waals surface area contributed by atoms with Crippen molar-refractivity contribution in [3.63, 3.8) is 0 Å². The van der Waals surface area contributed by atoms with Crippen molar-refractivity contribution in [3.8, 4) is 0 Å². The molecule has 0 aliphatic heterocycles. The van der Waals surface area contributed by atoms with Gasteiger partial charge in [-0.1, -0.05) is 0 Å². The molecule has 6 amide bonds. The zero-order chi connectivity index (χ0) is 18.6.